The summed E-state index contributed by atoms with van der Waals surface area (Å²) in [5.74, 6) is 0.917. The van der Waals surface area contributed by atoms with Gasteiger partial charge in [0.15, 0.2) is 0 Å². The van der Waals surface area contributed by atoms with E-state index in [-0.39, 0.29) is 6.04 Å². The maximum atomic E-state index is 12.6. The van der Waals surface area contributed by atoms with E-state index in [1.165, 1.54) is 22.5 Å². The maximum Gasteiger partial charge on any atom is 0.304 e. The van der Waals surface area contributed by atoms with Gasteiger partial charge in [0.1, 0.15) is 17.5 Å². The molecule has 0 saturated carbocycles. The molecule has 1 aromatic carbocycles. The molecule has 3 N–H and O–H groups in total. The molecule has 1 amide bonds. The van der Waals surface area contributed by atoms with Crippen LogP contribution in [0.4, 0.5) is 28.8 Å². The molecule has 1 fully saturated rings. The Morgan fingerprint density at radius 1 is 1.19 bits per heavy atom. The maximum absolute atomic E-state index is 12.6. The minimum absolute atomic E-state index is 0.140. The van der Waals surface area contributed by atoms with Crippen molar-refractivity contribution in [2.75, 3.05) is 34.9 Å². The first kappa shape index (κ1) is 23.1. The fourth-order valence-electron chi connectivity index (χ4n) is 4.70. The number of anilines is 5. The fraction of sp³-hybridized carbons (Fsp3) is 0.192. The smallest absolute Gasteiger partial charge is 0.304 e. The molecule has 37 heavy (non-hydrogen) atoms. The van der Waals surface area contributed by atoms with Crippen LogP contribution < -0.4 is 15.1 Å². The standard InChI is InChI=1S/C26H23N7O3S/c1-15-12-36-9-8-32(15)23-10-18(19(11-27)25(30-23)29-22-6-7-28-31-22)16-2-4-17(5-3-16)33-21-14-37-13-20(21)24(34)26(33)35/h2-7,10-11,13-15,27H,8-9,12H2,1H3,(H2,28,29,30,31)/t15-/m1/s1. The van der Waals surface area contributed by atoms with Gasteiger partial charge in [0, 0.05) is 40.8 Å². The highest BCUT2D eigenvalue weighted by molar-refractivity contribution is 7.09. The number of fused-ring (bicyclic) bond motifs is 1. The number of aromatic amines is 1. The first-order chi connectivity index (χ1) is 18.0. The molecule has 4 aromatic rings. The van der Waals surface area contributed by atoms with Gasteiger partial charge in [-0.25, -0.2) is 4.98 Å². The summed E-state index contributed by atoms with van der Waals surface area (Å²) in [7, 11) is 0. The third kappa shape index (κ3) is 3.98. The molecule has 1 saturated heterocycles. The fourth-order valence-corrected chi connectivity index (χ4v) is 5.49. The lowest BCUT2D eigenvalue weighted by atomic mass is 10.00. The number of H-pyrrole nitrogens is 1. The van der Waals surface area contributed by atoms with Crippen LogP contribution in [-0.2, 0) is 9.53 Å². The number of amides is 1. The van der Waals surface area contributed by atoms with Crippen LogP contribution in [0, 0.1) is 5.41 Å². The van der Waals surface area contributed by atoms with Gasteiger partial charge in [0.05, 0.1) is 36.7 Å². The van der Waals surface area contributed by atoms with Gasteiger partial charge in [-0.05, 0) is 36.2 Å². The Morgan fingerprint density at radius 2 is 2.03 bits per heavy atom. The zero-order valence-corrected chi connectivity index (χ0v) is 20.7. The van der Waals surface area contributed by atoms with Gasteiger partial charge in [-0.2, -0.15) is 5.10 Å². The number of hydrogen-bond donors (Lipinski definition) is 3. The number of carbonyl (C=O) groups is 2. The molecule has 6 rings (SSSR count). The molecule has 0 spiro atoms. The third-order valence-corrected chi connectivity index (χ3v) is 7.30. The Balaban J connectivity index is 1.42. The summed E-state index contributed by atoms with van der Waals surface area (Å²) in [5, 5.41) is 21.8. The molecule has 11 heteroatoms. The average Bonchev–Trinajstić information content (AvgIpc) is 3.65. The van der Waals surface area contributed by atoms with Crippen LogP contribution in [0.1, 0.15) is 22.8 Å². The minimum atomic E-state index is -0.552. The predicted molar refractivity (Wildman–Crippen MR) is 143 cm³/mol. The second-order valence-electron chi connectivity index (χ2n) is 8.83. The van der Waals surface area contributed by atoms with Gasteiger partial charge in [-0.1, -0.05) is 12.1 Å². The summed E-state index contributed by atoms with van der Waals surface area (Å²) >= 11 is 1.40. The third-order valence-electron chi connectivity index (χ3n) is 6.57. The highest BCUT2D eigenvalue weighted by Crippen LogP contribution is 2.39. The van der Waals surface area contributed by atoms with E-state index in [0.29, 0.717) is 53.9 Å². The van der Waals surface area contributed by atoms with E-state index < -0.39 is 11.7 Å². The van der Waals surface area contributed by atoms with E-state index in [0.717, 1.165) is 16.9 Å². The molecule has 5 heterocycles. The molecule has 0 bridgehead atoms. The monoisotopic (exact) mass is 513 g/mol. The van der Waals surface area contributed by atoms with Gasteiger partial charge in [-0.15, -0.1) is 11.3 Å². The highest BCUT2D eigenvalue weighted by Gasteiger charge is 2.37. The summed E-state index contributed by atoms with van der Waals surface area (Å²) in [6, 6.07) is 11.3. The van der Waals surface area contributed by atoms with E-state index in [2.05, 4.69) is 27.3 Å². The summed E-state index contributed by atoms with van der Waals surface area (Å²) in [5.41, 5.74) is 3.95. The number of Topliss-reactive ketones (excluding diaryl/α,β-unsaturated/α-hetero) is 1. The molecule has 2 aliphatic heterocycles. The van der Waals surface area contributed by atoms with E-state index in [1.807, 2.05) is 35.7 Å². The second-order valence-corrected chi connectivity index (χ2v) is 9.58. The van der Waals surface area contributed by atoms with Gasteiger partial charge in [-0.3, -0.25) is 19.6 Å². The van der Waals surface area contributed by atoms with Crippen LogP contribution in [0.25, 0.3) is 11.1 Å². The Kier molecular flexibility index (Phi) is 5.78. The van der Waals surface area contributed by atoms with Crippen molar-refractivity contribution in [2.24, 2.45) is 0 Å². The number of ketones is 1. The number of hydrogen-bond acceptors (Lipinski definition) is 9. The van der Waals surface area contributed by atoms with Crippen LogP contribution in [-0.4, -0.2) is 58.9 Å². The summed E-state index contributed by atoms with van der Waals surface area (Å²) < 4.78 is 5.62. The molecular formula is C26H23N7O3S. The number of nitrogens with one attached hydrogen (secondary N) is 3. The summed E-state index contributed by atoms with van der Waals surface area (Å²) in [4.78, 5) is 33.5. The second kappa shape index (κ2) is 9.26. The molecule has 2 aliphatic rings. The minimum Gasteiger partial charge on any atom is -0.377 e. The molecule has 186 valence electrons. The number of benzene rings is 1. The van der Waals surface area contributed by atoms with Crippen molar-refractivity contribution in [1.29, 1.82) is 5.41 Å². The van der Waals surface area contributed by atoms with E-state index in [1.54, 1.807) is 17.6 Å². The Hall–Kier alpha value is -4.35. The van der Waals surface area contributed by atoms with Gasteiger partial charge in [0.2, 0.25) is 0 Å². The van der Waals surface area contributed by atoms with Crippen LogP contribution in [0.15, 0.2) is 53.4 Å². The predicted octanol–water partition coefficient (Wildman–Crippen LogP) is 4.36. The lowest BCUT2D eigenvalue weighted by Gasteiger charge is -2.35. The number of pyridine rings is 1. The van der Waals surface area contributed by atoms with Crippen molar-refractivity contribution in [2.45, 2.75) is 13.0 Å². The van der Waals surface area contributed by atoms with Crippen LogP contribution >= 0.6 is 11.3 Å². The first-order valence-corrected chi connectivity index (χ1v) is 12.7. The van der Waals surface area contributed by atoms with E-state index in [9.17, 15) is 9.59 Å². The Morgan fingerprint density at radius 3 is 2.76 bits per heavy atom. The average molecular weight is 514 g/mol. The van der Waals surface area contributed by atoms with Crippen LogP contribution in [0.5, 0.6) is 0 Å². The number of aromatic nitrogens is 3. The molecule has 10 nitrogen and oxygen atoms in total. The summed E-state index contributed by atoms with van der Waals surface area (Å²) in [6.07, 6.45) is 2.92. The molecular weight excluding hydrogens is 490 g/mol. The van der Waals surface area contributed by atoms with Crippen molar-refractivity contribution in [1.82, 2.24) is 15.2 Å². The highest BCUT2D eigenvalue weighted by atomic mass is 32.1. The molecule has 3 aromatic heterocycles. The largest absolute Gasteiger partial charge is 0.377 e. The van der Waals surface area contributed by atoms with E-state index >= 15 is 0 Å². The van der Waals surface area contributed by atoms with Crippen LogP contribution in [0.3, 0.4) is 0 Å². The normalized spacial score (nSPS) is 17.3. The van der Waals surface area contributed by atoms with E-state index in [4.69, 9.17) is 15.1 Å². The van der Waals surface area contributed by atoms with Gasteiger partial charge >= 0.3 is 5.91 Å². The zero-order chi connectivity index (χ0) is 25.5. The number of morpholine rings is 1. The Labute approximate surface area is 216 Å². The SMILES string of the molecule is C[C@@H]1COCCN1c1cc(-c2ccc(N3C(=O)C(=O)c4cscc43)cc2)c(C=N)c(Nc2ccn[nH]2)n1. The number of ether oxygens (including phenoxy) is 1. The number of thiophene rings is 1. The molecule has 1 atom stereocenters. The van der Waals surface area contributed by atoms with Crippen molar-refractivity contribution >= 4 is 58.1 Å². The van der Waals surface area contributed by atoms with Gasteiger partial charge < -0.3 is 20.4 Å². The van der Waals surface area contributed by atoms with Crippen molar-refractivity contribution in [3.63, 3.8) is 0 Å². The number of carbonyl (C=O) groups excluding carboxylic acids is 2. The number of nitrogens with zero attached hydrogens (tertiary/aromatic N) is 4. The van der Waals surface area contributed by atoms with Crippen molar-refractivity contribution in [3.05, 3.63) is 64.5 Å². The quantitative estimate of drug-likeness (QED) is 0.258. The molecule has 0 aliphatic carbocycles. The molecule has 0 radical (unpaired) electrons. The summed E-state index contributed by atoms with van der Waals surface area (Å²) in [6.45, 7) is 4.01. The first-order valence-electron chi connectivity index (χ1n) is 11.8. The van der Waals surface area contributed by atoms with Crippen molar-refractivity contribution < 1.29 is 14.3 Å². The number of rotatable bonds is 6. The lowest BCUT2D eigenvalue weighted by molar-refractivity contribution is -0.113. The van der Waals surface area contributed by atoms with Crippen LogP contribution in [0.2, 0.25) is 0 Å². The topological polar surface area (TPSA) is 127 Å². The lowest BCUT2D eigenvalue weighted by Crippen LogP contribution is -2.44. The van der Waals surface area contributed by atoms with Gasteiger partial charge in [0.25, 0.3) is 5.78 Å². The van der Waals surface area contributed by atoms with Crippen molar-refractivity contribution in [3.8, 4) is 11.1 Å². The zero-order valence-electron chi connectivity index (χ0n) is 19.9. The molecule has 0 unspecified atom stereocenters. The Bertz CT molecular complexity index is 1500.